The molecule has 1 amide bonds. The van der Waals surface area contributed by atoms with E-state index in [2.05, 4.69) is 5.32 Å². The molecule has 3 aromatic carbocycles. The Hall–Kier alpha value is -3.82. The number of fused-ring (bicyclic) bond motifs is 1. The summed E-state index contributed by atoms with van der Waals surface area (Å²) in [6, 6.07) is 13.4. The zero-order valence-electron chi connectivity index (χ0n) is 24.8. The van der Waals surface area contributed by atoms with Gasteiger partial charge >= 0.3 is 5.97 Å². The summed E-state index contributed by atoms with van der Waals surface area (Å²) in [7, 11) is 0. The second-order valence-electron chi connectivity index (χ2n) is 11.8. The molecule has 2 heterocycles. The first kappa shape index (κ1) is 30.2. The number of amides is 1. The molecule has 6 rings (SSSR count). The minimum atomic E-state index is -1.03. The number of nitrogens with one attached hydrogen (secondary N) is 1. The SMILES string of the molecule is CCc1cc(Cl)cc(CC)c1NC(=O)CN1C[C@H](c2cc(F)c3c(c2)OCO3)C(C(=O)O)[C@@H]1c1ccc(OCC2CC2)cc1. The molecule has 2 fully saturated rings. The van der Waals surface area contributed by atoms with Crippen LogP contribution in [0, 0.1) is 17.7 Å². The zero-order valence-corrected chi connectivity index (χ0v) is 25.5. The molecule has 2 N–H and O–H groups in total. The molecular formula is C34H36ClFN2O6. The smallest absolute Gasteiger partial charge is 0.309 e. The maximum Gasteiger partial charge on any atom is 0.309 e. The predicted molar refractivity (Wildman–Crippen MR) is 164 cm³/mol. The molecule has 232 valence electrons. The van der Waals surface area contributed by atoms with E-state index < -0.39 is 29.7 Å². The molecule has 0 bridgehead atoms. The standard InChI is InChI=1S/C34H36ClFN2O6/c1-3-20-11-24(35)12-21(4-2)31(20)37-29(39)16-38-15-26(23-13-27(36)33-28(14-23)43-18-44-33)30(34(40)41)32(38)22-7-9-25(10-8-22)42-17-19-5-6-19/h7-14,19,26,30,32H,3-6,15-18H2,1-2H3,(H,37,39)(H,40,41)/t26-,30?,32+/m1/s1. The lowest BCUT2D eigenvalue weighted by Crippen LogP contribution is -2.35. The quantitative estimate of drug-likeness (QED) is 0.249. The topological polar surface area (TPSA) is 97.3 Å². The molecule has 44 heavy (non-hydrogen) atoms. The molecule has 0 aromatic heterocycles. The number of carboxylic acids is 1. The third-order valence-electron chi connectivity index (χ3n) is 8.80. The maximum absolute atomic E-state index is 15.0. The second kappa shape index (κ2) is 12.7. The Morgan fingerprint density at radius 2 is 1.75 bits per heavy atom. The average molecular weight is 623 g/mol. The Kier molecular flexibility index (Phi) is 8.69. The number of rotatable bonds is 11. The molecule has 8 nitrogen and oxygen atoms in total. The summed E-state index contributed by atoms with van der Waals surface area (Å²) in [4.78, 5) is 28.5. The van der Waals surface area contributed by atoms with E-state index in [0.717, 1.165) is 22.4 Å². The van der Waals surface area contributed by atoms with Gasteiger partial charge in [-0.2, -0.15) is 0 Å². The van der Waals surface area contributed by atoms with E-state index in [1.165, 1.54) is 18.9 Å². The van der Waals surface area contributed by atoms with Crippen molar-refractivity contribution in [2.45, 2.75) is 51.5 Å². The van der Waals surface area contributed by atoms with E-state index in [4.69, 9.17) is 25.8 Å². The molecule has 0 spiro atoms. The van der Waals surface area contributed by atoms with Gasteiger partial charge in [0.15, 0.2) is 11.6 Å². The second-order valence-corrected chi connectivity index (χ2v) is 12.2. The number of carbonyl (C=O) groups is 2. The van der Waals surface area contributed by atoms with Gasteiger partial charge in [0.25, 0.3) is 0 Å². The molecule has 0 radical (unpaired) electrons. The molecule has 3 aromatic rings. The van der Waals surface area contributed by atoms with Crippen molar-refractivity contribution in [2.75, 3.05) is 31.8 Å². The van der Waals surface area contributed by atoms with Crippen LogP contribution in [0.2, 0.25) is 5.02 Å². The van der Waals surface area contributed by atoms with Crippen LogP contribution in [0.15, 0.2) is 48.5 Å². The minimum Gasteiger partial charge on any atom is -0.493 e. The number of aliphatic carboxylic acids is 1. The van der Waals surface area contributed by atoms with Crippen molar-refractivity contribution in [3.63, 3.8) is 0 Å². The number of carbonyl (C=O) groups excluding carboxylic acids is 1. The average Bonchev–Trinajstić information content (AvgIpc) is 3.57. The molecule has 1 unspecified atom stereocenters. The van der Waals surface area contributed by atoms with Crippen molar-refractivity contribution in [3.05, 3.63) is 81.6 Å². The summed E-state index contributed by atoms with van der Waals surface area (Å²) in [5, 5.41) is 14.3. The van der Waals surface area contributed by atoms with Crippen LogP contribution in [-0.2, 0) is 22.4 Å². The van der Waals surface area contributed by atoms with Crippen molar-refractivity contribution >= 4 is 29.2 Å². The van der Waals surface area contributed by atoms with Crippen LogP contribution >= 0.6 is 11.6 Å². The van der Waals surface area contributed by atoms with Crippen molar-refractivity contribution in [2.24, 2.45) is 11.8 Å². The normalized spacial score (nSPS) is 21.0. The Morgan fingerprint density at radius 3 is 2.39 bits per heavy atom. The van der Waals surface area contributed by atoms with Gasteiger partial charge in [0.2, 0.25) is 18.4 Å². The molecular weight excluding hydrogens is 587 g/mol. The van der Waals surface area contributed by atoms with E-state index in [-0.39, 0.29) is 37.3 Å². The number of hydrogen-bond donors (Lipinski definition) is 2. The van der Waals surface area contributed by atoms with Crippen LogP contribution in [0.1, 0.15) is 60.9 Å². The fraction of sp³-hybridized carbons (Fsp3) is 0.412. The number of anilines is 1. The fourth-order valence-electron chi connectivity index (χ4n) is 6.40. The predicted octanol–water partition coefficient (Wildman–Crippen LogP) is 6.60. The fourth-order valence-corrected chi connectivity index (χ4v) is 6.66. The largest absolute Gasteiger partial charge is 0.493 e. The number of aryl methyl sites for hydroxylation is 2. The highest BCUT2D eigenvalue weighted by Crippen LogP contribution is 2.48. The summed E-state index contributed by atoms with van der Waals surface area (Å²) < 4.78 is 31.6. The number of halogens is 2. The van der Waals surface area contributed by atoms with Crippen molar-refractivity contribution in [3.8, 4) is 17.2 Å². The monoisotopic (exact) mass is 622 g/mol. The highest BCUT2D eigenvalue weighted by molar-refractivity contribution is 6.30. The molecule has 1 aliphatic carbocycles. The van der Waals surface area contributed by atoms with Gasteiger partial charge in [-0.1, -0.05) is 37.6 Å². The number of ether oxygens (including phenoxy) is 3. The lowest BCUT2D eigenvalue weighted by atomic mass is 9.82. The van der Waals surface area contributed by atoms with E-state index >= 15 is 0 Å². The van der Waals surface area contributed by atoms with Crippen LogP contribution in [0.3, 0.4) is 0 Å². The Morgan fingerprint density at radius 1 is 1.05 bits per heavy atom. The van der Waals surface area contributed by atoms with E-state index in [9.17, 15) is 19.1 Å². The first-order valence-corrected chi connectivity index (χ1v) is 15.5. The van der Waals surface area contributed by atoms with Gasteiger partial charge in [-0.15, -0.1) is 0 Å². The van der Waals surface area contributed by atoms with Crippen LogP contribution in [0.4, 0.5) is 10.1 Å². The van der Waals surface area contributed by atoms with E-state index in [0.29, 0.717) is 41.7 Å². The van der Waals surface area contributed by atoms with Crippen LogP contribution in [0.5, 0.6) is 17.2 Å². The van der Waals surface area contributed by atoms with Crippen molar-refractivity contribution in [1.29, 1.82) is 0 Å². The van der Waals surface area contributed by atoms with Crippen molar-refractivity contribution in [1.82, 2.24) is 4.90 Å². The van der Waals surface area contributed by atoms with Crippen LogP contribution in [-0.4, -0.2) is 48.4 Å². The number of hydrogen-bond acceptors (Lipinski definition) is 6. The van der Waals surface area contributed by atoms with Gasteiger partial charge in [0, 0.05) is 29.2 Å². The first-order valence-electron chi connectivity index (χ1n) is 15.2. The van der Waals surface area contributed by atoms with Gasteiger partial charge in [-0.3, -0.25) is 14.5 Å². The van der Waals surface area contributed by atoms with Gasteiger partial charge in [-0.25, -0.2) is 4.39 Å². The third-order valence-corrected chi connectivity index (χ3v) is 9.02. The molecule has 1 saturated carbocycles. The maximum atomic E-state index is 15.0. The number of nitrogens with zero attached hydrogens (tertiary/aromatic N) is 1. The molecule has 1 saturated heterocycles. The highest BCUT2D eigenvalue weighted by Gasteiger charge is 2.48. The van der Waals surface area contributed by atoms with Gasteiger partial charge in [-0.05, 0) is 90.3 Å². The van der Waals surface area contributed by atoms with E-state index in [1.807, 2.05) is 55.1 Å². The highest BCUT2D eigenvalue weighted by atomic mass is 35.5. The van der Waals surface area contributed by atoms with Gasteiger partial charge < -0.3 is 24.6 Å². The van der Waals surface area contributed by atoms with Gasteiger partial charge in [0.05, 0.1) is 19.1 Å². The van der Waals surface area contributed by atoms with E-state index in [1.54, 1.807) is 6.07 Å². The molecule has 10 heteroatoms. The molecule has 3 aliphatic rings. The van der Waals surface area contributed by atoms with Crippen LogP contribution in [0.25, 0.3) is 0 Å². The number of likely N-dealkylation sites (tertiary alicyclic amines) is 1. The Labute approximate surface area is 261 Å². The van der Waals surface area contributed by atoms with Crippen LogP contribution < -0.4 is 19.5 Å². The summed E-state index contributed by atoms with van der Waals surface area (Å²) in [5.74, 6) is -1.91. The lowest BCUT2D eigenvalue weighted by Gasteiger charge is -2.27. The first-order chi connectivity index (χ1) is 21.2. The Bertz CT molecular complexity index is 1540. The molecule has 2 aliphatic heterocycles. The molecule has 3 atom stereocenters. The summed E-state index contributed by atoms with van der Waals surface area (Å²) in [5.41, 5.74) is 3.82. The number of benzene rings is 3. The van der Waals surface area contributed by atoms with Gasteiger partial charge in [0.1, 0.15) is 5.75 Å². The third kappa shape index (κ3) is 6.21. The number of carboxylic acid groups (broad SMARTS) is 1. The minimum absolute atomic E-state index is 0.0228. The summed E-state index contributed by atoms with van der Waals surface area (Å²) >= 11 is 6.33. The van der Waals surface area contributed by atoms with Crippen molar-refractivity contribution < 1.29 is 33.3 Å². The zero-order chi connectivity index (χ0) is 31.0. The summed E-state index contributed by atoms with van der Waals surface area (Å²) in [6.07, 6.45) is 3.72. The lowest BCUT2D eigenvalue weighted by molar-refractivity contribution is -0.143. The Balaban J connectivity index is 1.32. The summed E-state index contributed by atoms with van der Waals surface area (Å²) in [6.45, 7) is 4.72.